The van der Waals surface area contributed by atoms with Crippen molar-refractivity contribution in [1.82, 2.24) is 25.1 Å². The van der Waals surface area contributed by atoms with E-state index in [2.05, 4.69) is 25.7 Å². The number of nitrogens with zero attached hydrogens (tertiary/aromatic N) is 5. The maximum Gasteiger partial charge on any atom is 0.407 e. The lowest BCUT2D eigenvalue weighted by atomic mass is 10.2. The van der Waals surface area contributed by atoms with E-state index in [-0.39, 0.29) is 19.2 Å². The molecule has 41 heavy (non-hydrogen) atoms. The second-order valence-electron chi connectivity index (χ2n) is 10.8. The van der Waals surface area contributed by atoms with E-state index in [9.17, 15) is 9.59 Å². The number of hydrogen-bond acceptors (Lipinski definition) is 8. The Kier molecular flexibility index (Phi) is 8.75. The minimum Gasteiger partial charge on any atom is -0.487 e. The Morgan fingerprint density at radius 3 is 2.59 bits per heavy atom. The molecule has 1 fully saturated rings. The summed E-state index contributed by atoms with van der Waals surface area (Å²) in [5, 5.41) is 11.1. The first kappa shape index (κ1) is 29.3. The summed E-state index contributed by atoms with van der Waals surface area (Å²) in [6.45, 7) is 7.11. The Balaban J connectivity index is 0.00000387. The number of amides is 2. The highest BCUT2D eigenvalue weighted by Gasteiger charge is 2.27. The Bertz CT molecular complexity index is 1500. The number of aryl methyl sites for hydroxylation is 1. The van der Waals surface area contributed by atoms with E-state index < -0.39 is 17.6 Å². The van der Waals surface area contributed by atoms with Crippen LogP contribution >= 0.6 is 0 Å². The van der Waals surface area contributed by atoms with Gasteiger partial charge >= 0.3 is 6.09 Å². The maximum absolute atomic E-state index is 13.1. The van der Waals surface area contributed by atoms with E-state index in [1.807, 2.05) is 81.4 Å². The SMILES string of the molecule is C.Cn1cc2cc(NC(=O)c3cnc(N4CC[C@@H](NC(=O)OC(C)(C)C)C4)cn3)c(OCc3ccccc3)cc2n1. The summed E-state index contributed by atoms with van der Waals surface area (Å²) in [6, 6.07) is 13.4. The molecule has 2 amide bonds. The van der Waals surface area contributed by atoms with Gasteiger partial charge < -0.3 is 25.0 Å². The largest absolute Gasteiger partial charge is 0.487 e. The lowest BCUT2D eigenvalue weighted by molar-refractivity contribution is 0.0508. The highest BCUT2D eigenvalue weighted by Crippen LogP contribution is 2.31. The molecular weight excluding hydrogens is 522 g/mol. The molecule has 2 aromatic heterocycles. The number of rotatable bonds is 7. The van der Waals surface area contributed by atoms with Crippen LogP contribution in [-0.4, -0.2) is 56.5 Å². The Morgan fingerprint density at radius 2 is 1.88 bits per heavy atom. The molecule has 0 bridgehead atoms. The van der Waals surface area contributed by atoms with Crippen molar-refractivity contribution in [2.45, 2.75) is 52.9 Å². The average Bonchev–Trinajstić information content (AvgIpc) is 3.52. The minimum atomic E-state index is -0.553. The topological polar surface area (TPSA) is 124 Å². The van der Waals surface area contributed by atoms with Gasteiger partial charge in [0.05, 0.1) is 29.6 Å². The van der Waals surface area contributed by atoms with Gasteiger partial charge in [-0.05, 0) is 38.8 Å². The quantitative estimate of drug-likeness (QED) is 0.327. The molecule has 0 unspecified atom stereocenters. The van der Waals surface area contributed by atoms with Crippen LogP contribution in [0.15, 0.2) is 61.1 Å². The van der Waals surface area contributed by atoms with Crippen LogP contribution in [0.3, 0.4) is 0 Å². The molecule has 11 heteroatoms. The van der Waals surface area contributed by atoms with Gasteiger partial charge in [-0.2, -0.15) is 5.10 Å². The summed E-state index contributed by atoms with van der Waals surface area (Å²) < 4.78 is 13.1. The van der Waals surface area contributed by atoms with Gasteiger partial charge in [-0.25, -0.2) is 14.8 Å². The zero-order valence-electron chi connectivity index (χ0n) is 23.0. The zero-order chi connectivity index (χ0) is 28.3. The average molecular weight is 560 g/mol. The van der Waals surface area contributed by atoms with Gasteiger partial charge in [-0.1, -0.05) is 37.8 Å². The lowest BCUT2D eigenvalue weighted by Gasteiger charge is -2.22. The standard InChI is InChI=1S/C29H33N7O4.CH4/c1-29(2,3)40-28(38)32-21-10-11-36(17-21)26-15-30-24(14-31-26)27(37)33-23-12-20-16-35(4)34-22(20)13-25(23)39-18-19-8-6-5-7-9-19;/h5-9,12-16,21H,10-11,17-18H2,1-4H3,(H,32,38)(H,33,37);1H4/t21-;/m1./s1. The Hall–Kier alpha value is -4.67. The number of fused-ring (bicyclic) bond motifs is 1. The number of hydrogen-bond donors (Lipinski definition) is 2. The van der Waals surface area contributed by atoms with Crippen molar-refractivity contribution in [2.24, 2.45) is 7.05 Å². The minimum absolute atomic E-state index is 0. The molecule has 3 heterocycles. The van der Waals surface area contributed by atoms with Crippen molar-refractivity contribution >= 4 is 34.4 Å². The molecule has 2 aromatic carbocycles. The van der Waals surface area contributed by atoms with Crippen LogP contribution in [-0.2, 0) is 18.4 Å². The van der Waals surface area contributed by atoms with Crippen LogP contribution in [0, 0.1) is 0 Å². The molecule has 0 saturated carbocycles. The zero-order valence-corrected chi connectivity index (χ0v) is 23.0. The van der Waals surface area contributed by atoms with Crippen molar-refractivity contribution in [1.29, 1.82) is 0 Å². The highest BCUT2D eigenvalue weighted by molar-refractivity contribution is 6.04. The lowest BCUT2D eigenvalue weighted by Crippen LogP contribution is -2.40. The van der Waals surface area contributed by atoms with Gasteiger partial charge in [0, 0.05) is 37.8 Å². The molecule has 1 saturated heterocycles. The van der Waals surface area contributed by atoms with Gasteiger partial charge in [0.15, 0.2) is 0 Å². The molecule has 4 aromatic rings. The number of ether oxygens (including phenoxy) is 2. The van der Waals surface area contributed by atoms with Crippen LogP contribution in [0.1, 0.15) is 50.7 Å². The smallest absolute Gasteiger partial charge is 0.407 e. The van der Waals surface area contributed by atoms with E-state index in [1.54, 1.807) is 10.9 Å². The van der Waals surface area contributed by atoms with E-state index in [0.717, 1.165) is 22.9 Å². The second-order valence-corrected chi connectivity index (χ2v) is 10.8. The van der Waals surface area contributed by atoms with Crippen LogP contribution < -0.4 is 20.3 Å². The first-order valence-electron chi connectivity index (χ1n) is 13.1. The van der Waals surface area contributed by atoms with E-state index in [4.69, 9.17) is 9.47 Å². The van der Waals surface area contributed by atoms with Crippen molar-refractivity contribution < 1.29 is 19.1 Å². The summed E-state index contributed by atoms with van der Waals surface area (Å²) in [5.74, 6) is 0.736. The third-order valence-corrected chi connectivity index (χ3v) is 6.31. The second kappa shape index (κ2) is 12.2. The van der Waals surface area contributed by atoms with Gasteiger partial charge in [0.1, 0.15) is 29.5 Å². The molecule has 216 valence electrons. The fourth-order valence-electron chi connectivity index (χ4n) is 4.48. The van der Waals surface area contributed by atoms with Crippen molar-refractivity contribution in [3.63, 3.8) is 0 Å². The summed E-state index contributed by atoms with van der Waals surface area (Å²) in [4.78, 5) is 36.1. The third kappa shape index (κ3) is 7.50. The Labute approximate surface area is 239 Å². The first-order chi connectivity index (χ1) is 19.1. The third-order valence-electron chi connectivity index (χ3n) is 6.31. The molecule has 1 atom stereocenters. The number of carbonyl (C=O) groups excluding carboxylic acids is 2. The normalized spacial score (nSPS) is 14.8. The van der Waals surface area contributed by atoms with Crippen molar-refractivity contribution in [3.8, 4) is 5.75 Å². The number of alkyl carbamates (subject to hydrolysis) is 1. The van der Waals surface area contributed by atoms with E-state index in [1.165, 1.54) is 6.20 Å². The summed E-state index contributed by atoms with van der Waals surface area (Å²) in [5.41, 5.74) is 1.91. The molecule has 1 aliphatic rings. The molecule has 0 radical (unpaired) electrons. The number of nitrogens with one attached hydrogen (secondary N) is 2. The van der Waals surface area contributed by atoms with Gasteiger partial charge in [-0.3, -0.25) is 9.48 Å². The van der Waals surface area contributed by atoms with Crippen LogP contribution in [0.2, 0.25) is 0 Å². The van der Waals surface area contributed by atoms with Gasteiger partial charge in [0.2, 0.25) is 0 Å². The van der Waals surface area contributed by atoms with Crippen molar-refractivity contribution in [2.75, 3.05) is 23.3 Å². The molecular formula is C30H37N7O4. The number of aromatic nitrogens is 4. The van der Waals surface area contributed by atoms with Gasteiger partial charge in [-0.15, -0.1) is 0 Å². The van der Waals surface area contributed by atoms with Crippen molar-refractivity contribution in [3.05, 3.63) is 72.3 Å². The first-order valence-corrected chi connectivity index (χ1v) is 13.1. The molecule has 5 rings (SSSR count). The van der Waals surface area contributed by atoms with E-state index in [0.29, 0.717) is 37.0 Å². The molecule has 11 nitrogen and oxygen atoms in total. The fourth-order valence-corrected chi connectivity index (χ4v) is 4.48. The molecule has 1 aliphatic heterocycles. The summed E-state index contributed by atoms with van der Waals surface area (Å²) in [7, 11) is 1.84. The number of benzene rings is 2. The van der Waals surface area contributed by atoms with Crippen LogP contribution in [0.25, 0.3) is 10.9 Å². The van der Waals surface area contributed by atoms with Crippen LogP contribution in [0.4, 0.5) is 16.3 Å². The molecule has 0 spiro atoms. The molecule has 2 N–H and O–H groups in total. The highest BCUT2D eigenvalue weighted by atomic mass is 16.6. The number of anilines is 2. The molecule has 0 aliphatic carbocycles. The monoisotopic (exact) mass is 559 g/mol. The predicted octanol–water partition coefficient (Wildman–Crippen LogP) is 4.93. The van der Waals surface area contributed by atoms with Crippen LogP contribution in [0.5, 0.6) is 5.75 Å². The number of carbonyl (C=O) groups is 2. The predicted molar refractivity (Wildman–Crippen MR) is 158 cm³/mol. The summed E-state index contributed by atoms with van der Waals surface area (Å²) >= 11 is 0. The van der Waals surface area contributed by atoms with Gasteiger partial charge in [0.25, 0.3) is 5.91 Å². The maximum atomic E-state index is 13.1. The fraction of sp³-hybridized carbons (Fsp3) is 0.367. The summed E-state index contributed by atoms with van der Waals surface area (Å²) in [6.07, 6.45) is 5.22. The Morgan fingerprint density at radius 1 is 1.10 bits per heavy atom. The van der Waals surface area contributed by atoms with E-state index >= 15 is 0 Å².